The van der Waals surface area contributed by atoms with Gasteiger partial charge in [0.15, 0.2) is 6.10 Å². The number of nitrogens with two attached hydrogens (primary N) is 1. The summed E-state index contributed by atoms with van der Waals surface area (Å²) in [6, 6.07) is 10.0. The van der Waals surface area contributed by atoms with E-state index in [0.29, 0.717) is 5.69 Å². The predicted octanol–water partition coefficient (Wildman–Crippen LogP) is 4.07. The summed E-state index contributed by atoms with van der Waals surface area (Å²) in [6.45, 7) is 3.33. The Bertz CT molecular complexity index is 793. The Morgan fingerprint density at radius 2 is 1.88 bits per heavy atom. The number of carbonyl (C=O) groups excluding carboxylic acids is 2. The molecular weight excluding hydrogens is 351 g/mol. The number of nitrogens with one attached hydrogen (secondary N) is 1. The number of anilines is 2. The van der Waals surface area contributed by atoms with Gasteiger partial charge in [0, 0.05) is 10.7 Å². The highest BCUT2D eigenvalue weighted by atomic mass is 35.5. The van der Waals surface area contributed by atoms with Crippen molar-refractivity contribution in [1.29, 1.82) is 0 Å². The third-order valence-electron chi connectivity index (χ3n) is 3.37. The van der Waals surface area contributed by atoms with Gasteiger partial charge in [-0.25, -0.2) is 4.79 Å². The standard InChI is InChI=1S/C17H16Cl2N2O3/c1-9-5-3-4-6-14(9)21-16(22)10(2)24-17(23)12-7-11(18)8-13(19)15(12)20/h3-8,10H,20H2,1-2H3,(H,21,22). The smallest absolute Gasteiger partial charge is 0.341 e. The van der Waals surface area contributed by atoms with Gasteiger partial charge in [0.1, 0.15) is 0 Å². The molecule has 1 unspecified atom stereocenters. The molecule has 1 atom stereocenters. The highest BCUT2D eigenvalue weighted by molar-refractivity contribution is 6.37. The van der Waals surface area contributed by atoms with Gasteiger partial charge in [0.2, 0.25) is 0 Å². The Hall–Kier alpha value is -2.24. The van der Waals surface area contributed by atoms with Gasteiger partial charge in [-0.2, -0.15) is 0 Å². The molecule has 0 aliphatic rings. The molecular formula is C17H16Cl2N2O3. The van der Waals surface area contributed by atoms with Crippen LogP contribution in [0.15, 0.2) is 36.4 Å². The Labute approximate surface area is 149 Å². The Balaban J connectivity index is 2.09. The lowest BCUT2D eigenvalue weighted by Gasteiger charge is -2.15. The summed E-state index contributed by atoms with van der Waals surface area (Å²) in [4.78, 5) is 24.4. The zero-order chi connectivity index (χ0) is 17.9. The van der Waals surface area contributed by atoms with E-state index in [1.165, 1.54) is 19.1 Å². The number of rotatable bonds is 4. The van der Waals surface area contributed by atoms with E-state index >= 15 is 0 Å². The van der Waals surface area contributed by atoms with Crippen LogP contribution in [0.1, 0.15) is 22.8 Å². The molecule has 0 spiro atoms. The van der Waals surface area contributed by atoms with Crippen molar-refractivity contribution in [3.8, 4) is 0 Å². The Kier molecular flexibility index (Phi) is 5.70. The number of aryl methyl sites for hydroxylation is 1. The van der Waals surface area contributed by atoms with Gasteiger partial charge in [0.05, 0.1) is 16.3 Å². The number of amides is 1. The van der Waals surface area contributed by atoms with Gasteiger partial charge in [-0.15, -0.1) is 0 Å². The minimum atomic E-state index is -1.02. The first-order chi connectivity index (χ1) is 11.3. The van der Waals surface area contributed by atoms with Gasteiger partial charge < -0.3 is 15.8 Å². The first kappa shape index (κ1) is 18.1. The van der Waals surface area contributed by atoms with Gasteiger partial charge in [0.25, 0.3) is 5.91 Å². The normalized spacial score (nSPS) is 11.7. The maximum atomic E-state index is 12.2. The minimum absolute atomic E-state index is 0.0167. The second-order valence-electron chi connectivity index (χ2n) is 5.20. The molecule has 2 aromatic rings. The molecule has 0 radical (unpaired) electrons. The van der Waals surface area contributed by atoms with Gasteiger partial charge in [-0.05, 0) is 37.6 Å². The van der Waals surface area contributed by atoms with Crippen molar-refractivity contribution in [3.05, 3.63) is 57.6 Å². The lowest BCUT2D eigenvalue weighted by atomic mass is 10.2. The molecule has 0 heterocycles. The average molecular weight is 367 g/mol. The number of para-hydroxylation sites is 1. The number of carbonyl (C=O) groups is 2. The maximum Gasteiger partial charge on any atom is 0.341 e. The van der Waals surface area contributed by atoms with Crippen LogP contribution < -0.4 is 11.1 Å². The molecule has 0 fully saturated rings. The van der Waals surface area contributed by atoms with E-state index in [9.17, 15) is 9.59 Å². The molecule has 1 amide bonds. The summed E-state index contributed by atoms with van der Waals surface area (Å²) in [5.74, 6) is -1.23. The van der Waals surface area contributed by atoms with Crippen LogP contribution in [0.25, 0.3) is 0 Å². The molecule has 2 rings (SSSR count). The van der Waals surface area contributed by atoms with E-state index in [0.717, 1.165) is 5.56 Å². The van der Waals surface area contributed by atoms with Crippen LogP contribution >= 0.6 is 23.2 Å². The minimum Gasteiger partial charge on any atom is -0.449 e. The van der Waals surface area contributed by atoms with Crippen molar-refractivity contribution in [2.45, 2.75) is 20.0 Å². The number of ether oxygens (including phenoxy) is 1. The SMILES string of the molecule is Cc1ccccc1NC(=O)C(C)OC(=O)c1cc(Cl)cc(Cl)c1N. The number of benzene rings is 2. The molecule has 126 valence electrons. The highest BCUT2D eigenvalue weighted by Crippen LogP contribution is 2.28. The quantitative estimate of drug-likeness (QED) is 0.631. The van der Waals surface area contributed by atoms with Crippen LogP contribution in [0.3, 0.4) is 0 Å². The first-order valence-corrected chi connectivity index (χ1v) is 7.87. The van der Waals surface area contributed by atoms with E-state index in [-0.39, 0.29) is 21.3 Å². The topological polar surface area (TPSA) is 81.4 Å². The molecule has 0 saturated carbocycles. The number of hydrogen-bond acceptors (Lipinski definition) is 4. The molecule has 3 N–H and O–H groups in total. The summed E-state index contributed by atoms with van der Waals surface area (Å²) >= 11 is 11.8. The lowest BCUT2D eigenvalue weighted by Crippen LogP contribution is -2.30. The summed E-state index contributed by atoms with van der Waals surface area (Å²) in [5.41, 5.74) is 7.37. The van der Waals surface area contributed by atoms with Crippen molar-refractivity contribution in [2.24, 2.45) is 0 Å². The monoisotopic (exact) mass is 366 g/mol. The average Bonchev–Trinajstić information content (AvgIpc) is 2.52. The first-order valence-electron chi connectivity index (χ1n) is 7.11. The molecule has 5 nitrogen and oxygen atoms in total. The summed E-state index contributed by atoms with van der Waals surface area (Å²) in [7, 11) is 0. The van der Waals surface area contributed by atoms with Crippen LogP contribution in [0.2, 0.25) is 10.0 Å². The van der Waals surface area contributed by atoms with Crippen LogP contribution in [0.5, 0.6) is 0 Å². The van der Waals surface area contributed by atoms with Crippen molar-refractivity contribution in [1.82, 2.24) is 0 Å². The van der Waals surface area contributed by atoms with Crippen LogP contribution in [0, 0.1) is 6.92 Å². The van der Waals surface area contributed by atoms with Crippen molar-refractivity contribution >= 4 is 46.5 Å². The summed E-state index contributed by atoms with van der Waals surface area (Å²) in [6.07, 6.45) is -1.02. The van der Waals surface area contributed by atoms with Gasteiger partial charge >= 0.3 is 5.97 Å². The maximum absolute atomic E-state index is 12.2. The fraction of sp³-hybridized carbons (Fsp3) is 0.176. The van der Waals surface area contributed by atoms with Crippen molar-refractivity contribution in [3.63, 3.8) is 0 Å². The Morgan fingerprint density at radius 3 is 2.54 bits per heavy atom. The number of nitrogen functional groups attached to an aromatic ring is 1. The van der Waals surface area contributed by atoms with E-state index in [1.54, 1.807) is 12.1 Å². The highest BCUT2D eigenvalue weighted by Gasteiger charge is 2.22. The summed E-state index contributed by atoms with van der Waals surface area (Å²) < 4.78 is 5.15. The number of hydrogen-bond donors (Lipinski definition) is 2. The zero-order valence-corrected chi connectivity index (χ0v) is 14.6. The predicted molar refractivity (Wildman–Crippen MR) is 95.6 cm³/mol. The zero-order valence-electron chi connectivity index (χ0n) is 13.1. The van der Waals surface area contributed by atoms with Crippen LogP contribution in [-0.4, -0.2) is 18.0 Å². The molecule has 24 heavy (non-hydrogen) atoms. The van der Waals surface area contributed by atoms with Crippen molar-refractivity contribution < 1.29 is 14.3 Å². The van der Waals surface area contributed by atoms with E-state index in [2.05, 4.69) is 5.32 Å². The molecule has 2 aromatic carbocycles. The fourth-order valence-corrected chi connectivity index (χ4v) is 2.47. The second kappa shape index (κ2) is 7.55. The van der Waals surface area contributed by atoms with Crippen LogP contribution in [-0.2, 0) is 9.53 Å². The third-order valence-corrected chi connectivity index (χ3v) is 3.90. The number of esters is 1. The summed E-state index contributed by atoms with van der Waals surface area (Å²) in [5, 5.41) is 3.10. The van der Waals surface area contributed by atoms with Crippen molar-refractivity contribution in [2.75, 3.05) is 11.1 Å². The molecule has 0 aliphatic carbocycles. The van der Waals surface area contributed by atoms with E-state index < -0.39 is 18.0 Å². The third kappa shape index (κ3) is 4.19. The van der Waals surface area contributed by atoms with E-state index in [1.807, 2.05) is 19.1 Å². The van der Waals surface area contributed by atoms with Gasteiger partial charge in [-0.1, -0.05) is 41.4 Å². The largest absolute Gasteiger partial charge is 0.449 e. The molecule has 0 aliphatic heterocycles. The number of halogens is 2. The molecule has 0 saturated heterocycles. The van der Waals surface area contributed by atoms with E-state index in [4.69, 9.17) is 33.7 Å². The lowest BCUT2D eigenvalue weighted by molar-refractivity contribution is -0.123. The van der Waals surface area contributed by atoms with Gasteiger partial charge in [-0.3, -0.25) is 4.79 Å². The van der Waals surface area contributed by atoms with Crippen LogP contribution in [0.4, 0.5) is 11.4 Å². The fourth-order valence-electron chi connectivity index (χ4n) is 1.98. The second-order valence-corrected chi connectivity index (χ2v) is 6.04. The Morgan fingerprint density at radius 1 is 1.21 bits per heavy atom. The molecule has 7 heteroatoms. The molecule has 0 aromatic heterocycles. The molecule has 0 bridgehead atoms.